The van der Waals surface area contributed by atoms with E-state index in [-0.39, 0.29) is 12.0 Å². The maximum absolute atomic E-state index is 10.8. The molecule has 0 aliphatic carbocycles. The second-order valence-electron chi connectivity index (χ2n) is 6.26. The number of hydrogen-bond donors (Lipinski definition) is 6. The fraction of sp³-hybridized carbons (Fsp3) is 0.412. The van der Waals surface area contributed by atoms with Crippen molar-refractivity contribution in [2.45, 2.75) is 37.0 Å². The van der Waals surface area contributed by atoms with Crippen molar-refractivity contribution in [3.05, 3.63) is 48.3 Å². The molecule has 0 radical (unpaired) electrons. The number of carboxylic acid groups (broad SMARTS) is 2. The van der Waals surface area contributed by atoms with Gasteiger partial charge in [0.15, 0.2) is 18.5 Å². The highest BCUT2D eigenvalue weighted by Crippen LogP contribution is 2.25. The molecule has 3 heterocycles. The second kappa shape index (κ2) is 10.0. The van der Waals surface area contributed by atoms with Crippen LogP contribution >= 0.6 is 0 Å². The first-order valence-electron chi connectivity index (χ1n) is 8.55. The number of carbonyl (C=O) groups is 2. The predicted octanol–water partition coefficient (Wildman–Crippen LogP) is -3.69. The van der Waals surface area contributed by atoms with Gasteiger partial charge in [0.25, 0.3) is 6.23 Å². The molecule has 7 N–H and O–H groups in total. The summed E-state index contributed by atoms with van der Waals surface area (Å²) in [5.74, 6) is -2.36. The number of aromatic amines is 1. The standard InChI is InChI=1S/C11H13NO6.C6H9N3O2/c13-5-7-8(14)9(15)10(18-7)12-3-1-2-6(4-12)11(16)17;7-5(6(10)11)1-4-2-8-3-9-4/h1-4,7-10,13-15H,5H2;2-3,5H,1,7H2,(H,8,9)(H,10,11)/t7-,8-,9-,10-;/m1./s1. The second-order valence-corrected chi connectivity index (χ2v) is 6.26. The van der Waals surface area contributed by atoms with Crippen LogP contribution in [0.4, 0.5) is 0 Å². The maximum Gasteiger partial charge on any atom is 0.341 e. The number of aromatic nitrogens is 3. The summed E-state index contributed by atoms with van der Waals surface area (Å²) < 4.78 is 6.63. The number of aliphatic hydroxyl groups excluding tert-OH is 3. The van der Waals surface area contributed by atoms with Crippen LogP contribution in [0.25, 0.3) is 0 Å². The van der Waals surface area contributed by atoms with Crippen LogP contribution in [0.1, 0.15) is 22.3 Å². The number of imidazole rings is 1. The number of aromatic carboxylic acids is 1. The Bertz CT molecular complexity index is 816. The molecule has 29 heavy (non-hydrogen) atoms. The number of pyridine rings is 1. The summed E-state index contributed by atoms with van der Waals surface area (Å²) in [4.78, 5) is 27.5. The molecular formula is C17H22N4O8. The summed E-state index contributed by atoms with van der Waals surface area (Å²) in [5, 5.41) is 47.4. The van der Waals surface area contributed by atoms with Gasteiger partial charge in [0, 0.05) is 24.7 Å². The van der Waals surface area contributed by atoms with Crippen molar-refractivity contribution in [1.29, 1.82) is 0 Å². The number of aliphatic hydroxyl groups is 3. The number of hydrogen-bond acceptors (Lipinski definition) is 9. The van der Waals surface area contributed by atoms with Gasteiger partial charge >= 0.3 is 5.97 Å². The molecule has 12 heteroatoms. The number of H-pyrrole nitrogens is 1. The van der Waals surface area contributed by atoms with Gasteiger partial charge in [-0.2, -0.15) is 4.57 Å². The molecule has 1 aliphatic heterocycles. The van der Waals surface area contributed by atoms with Crippen molar-refractivity contribution >= 4 is 11.9 Å². The minimum absolute atomic E-state index is 0.0373. The van der Waals surface area contributed by atoms with Crippen molar-refractivity contribution in [3.8, 4) is 0 Å². The number of carboxylic acids is 2. The fourth-order valence-corrected chi connectivity index (χ4v) is 2.62. The van der Waals surface area contributed by atoms with Gasteiger partial charge in [-0.05, 0) is 6.07 Å². The zero-order valence-electron chi connectivity index (χ0n) is 15.2. The maximum atomic E-state index is 10.8. The Morgan fingerprint density at radius 2 is 2.10 bits per heavy atom. The van der Waals surface area contributed by atoms with E-state index in [0.717, 1.165) is 0 Å². The van der Waals surface area contributed by atoms with E-state index < -0.39 is 49.1 Å². The monoisotopic (exact) mass is 410 g/mol. The number of nitrogens with two attached hydrogens (primary N) is 1. The molecule has 0 spiro atoms. The highest BCUT2D eigenvalue weighted by Gasteiger charge is 2.47. The van der Waals surface area contributed by atoms with Crippen molar-refractivity contribution in [2.24, 2.45) is 5.73 Å². The van der Waals surface area contributed by atoms with E-state index in [1.54, 1.807) is 6.20 Å². The lowest BCUT2D eigenvalue weighted by molar-refractivity contribution is -0.765. The number of ether oxygens (including phenoxy) is 1. The van der Waals surface area contributed by atoms with Crippen LogP contribution in [0.15, 0.2) is 37.1 Å². The lowest BCUT2D eigenvalue weighted by atomic mass is 10.1. The van der Waals surface area contributed by atoms with Crippen molar-refractivity contribution in [2.75, 3.05) is 6.61 Å². The van der Waals surface area contributed by atoms with E-state index in [2.05, 4.69) is 9.97 Å². The number of nitrogens with one attached hydrogen (secondary N) is 1. The number of nitrogens with zero attached hydrogens (tertiary/aromatic N) is 2. The normalized spacial score (nSPS) is 24.4. The predicted molar refractivity (Wildman–Crippen MR) is 91.9 cm³/mol. The highest BCUT2D eigenvalue weighted by molar-refractivity contribution is 5.86. The van der Waals surface area contributed by atoms with Gasteiger partial charge in [0.2, 0.25) is 0 Å². The quantitative estimate of drug-likeness (QED) is 0.257. The van der Waals surface area contributed by atoms with Crippen LogP contribution < -0.4 is 15.4 Å². The van der Waals surface area contributed by atoms with Gasteiger partial charge in [0.05, 0.1) is 24.6 Å². The molecule has 5 atom stereocenters. The molecule has 0 amide bonds. The lowest BCUT2D eigenvalue weighted by Crippen LogP contribution is -2.46. The van der Waals surface area contributed by atoms with E-state index in [1.807, 2.05) is 0 Å². The third-order valence-corrected chi connectivity index (χ3v) is 4.17. The van der Waals surface area contributed by atoms with E-state index in [4.69, 9.17) is 20.7 Å². The van der Waals surface area contributed by atoms with E-state index >= 15 is 0 Å². The van der Waals surface area contributed by atoms with Gasteiger partial charge in [0.1, 0.15) is 17.8 Å². The molecule has 1 aliphatic rings. The topological polar surface area (TPSA) is 206 Å². The van der Waals surface area contributed by atoms with Gasteiger partial charge in [-0.3, -0.25) is 0 Å². The summed E-state index contributed by atoms with van der Waals surface area (Å²) >= 11 is 0. The number of carbonyl (C=O) groups excluding carboxylic acids is 1. The third kappa shape index (κ3) is 5.79. The molecule has 1 saturated heterocycles. The lowest BCUT2D eigenvalue weighted by Gasteiger charge is -2.09. The SMILES string of the molecule is NC(Cc1c[nH]cn1)C(=O)[O-].O=C(O)c1ccc[n+]([C@@H]2O[C@H](CO)[C@@H](O)[C@H]2O)c1. The highest BCUT2D eigenvalue weighted by atomic mass is 16.6. The van der Waals surface area contributed by atoms with Gasteiger partial charge in [-0.1, -0.05) is 0 Å². The van der Waals surface area contributed by atoms with Crippen LogP contribution in [-0.2, 0) is 16.0 Å². The van der Waals surface area contributed by atoms with Crippen LogP contribution in [0.5, 0.6) is 0 Å². The number of aliphatic carboxylic acids is 1. The Labute approximate surface area is 164 Å². The average molecular weight is 410 g/mol. The van der Waals surface area contributed by atoms with E-state index in [1.165, 1.54) is 35.4 Å². The Kier molecular flexibility index (Phi) is 7.75. The molecule has 158 valence electrons. The van der Waals surface area contributed by atoms with E-state index in [9.17, 15) is 24.9 Å². The van der Waals surface area contributed by atoms with Gasteiger partial charge < -0.3 is 45.8 Å². The van der Waals surface area contributed by atoms with Crippen LogP contribution in [0.3, 0.4) is 0 Å². The number of rotatable bonds is 6. The molecule has 1 fully saturated rings. The molecule has 0 aromatic carbocycles. The minimum atomic E-state index is -1.26. The molecular weight excluding hydrogens is 388 g/mol. The molecule has 12 nitrogen and oxygen atoms in total. The molecule has 2 aromatic heterocycles. The molecule has 2 aromatic rings. The Morgan fingerprint density at radius 1 is 1.38 bits per heavy atom. The summed E-state index contributed by atoms with van der Waals surface area (Å²) in [7, 11) is 0. The van der Waals surface area contributed by atoms with Crippen molar-refractivity contribution < 1.29 is 44.4 Å². The molecule has 0 bridgehead atoms. The van der Waals surface area contributed by atoms with Crippen molar-refractivity contribution in [3.63, 3.8) is 0 Å². The Balaban J connectivity index is 0.000000234. The minimum Gasteiger partial charge on any atom is -0.548 e. The first-order valence-corrected chi connectivity index (χ1v) is 8.55. The fourth-order valence-electron chi connectivity index (χ4n) is 2.62. The summed E-state index contributed by atoms with van der Waals surface area (Å²) in [6, 6.07) is 1.93. The van der Waals surface area contributed by atoms with Crippen LogP contribution in [-0.4, -0.2) is 73.3 Å². The Morgan fingerprint density at radius 3 is 2.62 bits per heavy atom. The summed E-state index contributed by atoms with van der Waals surface area (Å²) in [6.07, 6.45) is 1.85. The summed E-state index contributed by atoms with van der Waals surface area (Å²) in [6.45, 7) is -0.423. The zero-order valence-corrected chi connectivity index (χ0v) is 15.2. The summed E-state index contributed by atoms with van der Waals surface area (Å²) in [5.41, 5.74) is 5.86. The average Bonchev–Trinajstić information content (AvgIpc) is 3.31. The van der Waals surface area contributed by atoms with E-state index in [0.29, 0.717) is 5.69 Å². The Hall–Kier alpha value is -2.90. The zero-order chi connectivity index (χ0) is 21.6. The van der Waals surface area contributed by atoms with Crippen LogP contribution in [0, 0.1) is 0 Å². The van der Waals surface area contributed by atoms with Crippen molar-refractivity contribution in [1.82, 2.24) is 9.97 Å². The smallest absolute Gasteiger partial charge is 0.341 e. The molecule has 3 rings (SSSR count). The largest absolute Gasteiger partial charge is 0.548 e. The first kappa shape index (κ1) is 22.4. The third-order valence-electron chi connectivity index (χ3n) is 4.17. The molecule has 1 unspecified atom stereocenters. The van der Waals surface area contributed by atoms with Gasteiger partial charge in [-0.15, -0.1) is 0 Å². The molecule has 0 saturated carbocycles. The van der Waals surface area contributed by atoms with Gasteiger partial charge in [-0.25, -0.2) is 9.78 Å². The first-order chi connectivity index (χ1) is 13.7. The van der Waals surface area contributed by atoms with Crippen LogP contribution in [0.2, 0.25) is 0 Å².